The number of nitrogens with zero attached hydrogens (tertiary/aromatic N) is 2. The highest BCUT2D eigenvalue weighted by molar-refractivity contribution is 5.52. The molecule has 1 aliphatic carbocycles. The molecule has 17 heavy (non-hydrogen) atoms. The fourth-order valence-electron chi connectivity index (χ4n) is 2.45. The second-order valence-corrected chi connectivity index (χ2v) is 4.90. The van der Waals surface area contributed by atoms with Gasteiger partial charge in [0.1, 0.15) is 0 Å². The Morgan fingerprint density at radius 2 is 2.00 bits per heavy atom. The van der Waals surface area contributed by atoms with Crippen molar-refractivity contribution in [1.29, 1.82) is 0 Å². The predicted molar refractivity (Wildman–Crippen MR) is 65.3 cm³/mol. The first kappa shape index (κ1) is 10.5. The molecule has 0 unspecified atom stereocenters. The summed E-state index contributed by atoms with van der Waals surface area (Å²) in [6.07, 6.45) is 2.49. The molecule has 1 aliphatic heterocycles. The first-order valence-corrected chi connectivity index (χ1v) is 5.93. The molecule has 0 radical (unpaired) electrons. The van der Waals surface area contributed by atoms with Gasteiger partial charge in [-0.15, -0.1) is 0 Å². The van der Waals surface area contributed by atoms with Crippen LogP contribution in [0.1, 0.15) is 12.8 Å². The zero-order valence-corrected chi connectivity index (χ0v) is 9.56. The highest BCUT2D eigenvalue weighted by atomic mass is 16.6. The molecule has 1 aromatic carbocycles. The summed E-state index contributed by atoms with van der Waals surface area (Å²) in [6, 6.07) is 6.85. The molecule has 3 rings (SSSR count). The van der Waals surface area contributed by atoms with Crippen LogP contribution in [-0.4, -0.2) is 30.1 Å². The SMILES string of the molecule is O=[N+]([O-])c1ccc(N2CCNC3(CC3)C2)cc1. The second kappa shape index (κ2) is 3.70. The molecular formula is C12H15N3O2. The van der Waals surface area contributed by atoms with E-state index in [1.165, 1.54) is 12.8 Å². The molecular weight excluding hydrogens is 218 g/mol. The Balaban J connectivity index is 1.77. The molecule has 1 spiro atoms. The monoisotopic (exact) mass is 233 g/mol. The third-order valence-corrected chi connectivity index (χ3v) is 3.65. The molecule has 0 amide bonds. The predicted octanol–water partition coefficient (Wildman–Crippen LogP) is 1.54. The Morgan fingerprint density at radius 1 is 1.29 bits per heavy atom. The molecule has 5 nitrogen and oxygen atoms in total. The Morgan fingerprint density at radius 3 is 2.59 bits per heavy atom. The van der Waals surface area contributed by atoms with Gasteiger partial charge >= 0.3 is 0 Å². The van der Waals surface area contributed by atoms with Crippen LogP contribution >= 0.6 is 0 Å². The molecule has 2 fully saturated rings. The van der Waals surface area contributed by atoms with E-state index in [0.29, 0.717) is 5.54 Å². The van der Waals surface area contributed by atoms with Gasteiger partial charge in [-0.25, -0.2) is 0 Å². The van der Waals surface area contributed by atoms with Crippen molar-refractivity contribution in [3.63, 3.8) is 0 Å². The first-order valence-electron chi connectivity index (χ1n) is 5.93. The number of hydrogen-bond acceptors (Lipinski definition) is 4. The number of nitrogens with one attached hydrogen (secondary N) is 1. The van der Waals surface area contributed by atoms with Crippen LogP contribution in [0.25, 0.3) is 0 Å². The minimum absolute atomic E-state index is 0.157. The fourth-order valence-corrected chi connectivity index (χ4v) is 2.45. The average Bonchev–Trinajstić information content (AvgIpc) is 3.08. The minimum Gasteiger partial charge on any atom is -0.368 e. The summed E-state index contributed by atoms with van der Waals surface area (Å²) < 4.78 is 0. The van der Waals surface area contributed by atoms with Crippen LogP contribution < -0.4 is 10.2 Å². The van der Waals surface area contributed by atoms with Gasteiger partial charge in [0.15, 0.2) is 0 Å². The van der Waals surface area contributed by atoms with Crippen LogP contribution in [-0.2, 0) is 0 Å². The van der Waals surface area contributed by atoms with Crippen molar-refractivity contribution < 1.29 is 4.92 Å². The van der Waals surface area contributed by atoms with Gasteiger partial charge in [0.25, 0.3) is 5.69 Å². The average molecular weight is 233 g/mol. The summed E-state index contributed by atoms with van der Waals surface area (Å²) in [6.45, 7) is 2.99. The molecule has 1 aromatic rings. The second-order valence-electron chi connectivity index (χ2n) is 4.90. The highest BCUT2D eigenvalue weighted by Gasteiger charge is 2.45. The number of rotatable bonds is 2. The standard InChI is InChI=1S/C12H15N3O2/c16-15(17)11-3-1-10(2-4-11)14-8-7-13-12(9-14)5-6-12/h1-4,13H,5-9H2. The van der Waals surface area contributed by atoms with E-state index < -0.39 is 0 Å². The van der Waals surface area contributed by atoms with Crippen molar-refractivity contribution in [3.8, 4) is 0 Å². The molecule has 0 aromatic heterocycles. The minimum atomic E-state index is -0.357. The lowest BCUT2D eigenvalue weighted by Crippen LogP contribution is -2.52. The summed E-state index contributed by atoms with van der Waals surface area (Å²) in [7, 11) is 0. The van der Waals surface area contributed by atoms with Crippen molar-refractivity contribution >= 4 is 11.4 Å². The van der Waals surface area contributed by atoms with Gasteiger partial charge < -0.3 is 10.2 Å². The molecule has 1 saturated carbocycles. The van der Waals surface area contributed by atoms with E-state index in [2.05, 4.69) is 10.2 Å². The zero-order chi connectivity index (χ0) is 11.9. The molecule has 1 N–H and O–H groups in total. The number of anilines is 1. The van der Waals surface area contributed by atoms with Gasteiger partial charge in [-0.2, -0.15) is 0 Å². The fraction of sp³-hybridized carbons (Fsp3) is 0.500. The number of nitro groups is 1. The Hall–Kier alpha value is -1.62. The van der Waals surface area contributed by atoms with Gasteiger partial charge in [0.2, 0.25) is 0 Å². The van der Waals surface area contributed by atoms with Crippen LogP contribution in [0.4, 0.5) is 11.4 Å². The lowest BCUT2D eigenvalue weighted by atomic mass is 10.1. The number of hydrogen-bond donors (Lipinski definition) is 1. The molecule has 5 heteroatoms. The van der Waals surface area contributed by atoms with E-state index in [-0.39, 0.29) is 10.6 Å². The van der Waals surface area contributed by atoms with E-state index in [1.807, 2.05) is 12.1 Å². The van der Waals surface area contributed by atoms with E-state index >= 15 is 0 Å². The number of non-ortho nitro benzene ring substituents is 1. The van der Waals surface area contributed by atoms with Crippen molar-refractivity contribution in [3.05, 3.63) is 34.4 Å². The van der Waals surface area contributed by atoms with E-state index in [9.17, 15) is 10.1 Å². The zero-order valence-electron chi connectivity index (χ0n) is 9.56. The van der Waals surface area contributed by atoms with E-state index in [0.717, 1.165) is 25.3 Å². The quantitative estimate of drug-likeness (QED) is 0.621. The van der Waals surface area contributed by atoms with Gasteiger partial charge in [0, 0.05) is 43.0 Å². The van der Waals surface area contributed by atoms with Gasteiger partial charge in [0.05, 0.1) is 4.92 Å². The van der Waals surface area contributed by atoms with E-state index in [1.54, 1.807) is 12.1 Å². The summed E-state index contributed by atoms with van der Waals surface area (Å²) in [4.78, 5) is 12.5. The topological polar surface area (TPSA) is 58.4 Å². The van der Waals surface area contributed by atoms with Crippen molar-refractivity contribution in [1.82, 2.24) is 5.32 Å². The lowest BCUT2D eigenvalue weighted by Gasteiger charge is -2.35. The normalized spacial score (nSPS) is 21.5. The highest BCUT2D eigenvalue weighted by Crippen LogP contribution is 2.38. The van der Waals surface area contributed by atoms with E-state index in [4.69, 9.17) is 0 Å². The number of piperazine rings is 1. The van der Waals surface area contributed by atoms with Crippen LogP contribution in [0, 0.1) is 10.1 Å². The Kier molecular flexibility index (Phi) is 2.29. The van der Waals surface area contributed by atoms with Crippen molar-refractivity contribution in [2.24, 2.45) is 0 Å². The number of benzene rings is 1. The maximum absolute atomic E-state index is 10.6. The largest absolute Gasteiger partial charge is 0.368 e. The van der Waals surface area contributed by atoms with Crippen LogP contribution in [0.2, 0.25) is 0 Å². The third-order valence-electron chi connectivity index (χ3n) is 3.65. The molecule has 1 saturated heterocycles. The molecule has 0 bridgehead atoms. The molecule has 0 atom stereocenters. The maximum Gasteiger partial charge on any atom is 0.269 e. The van der Waals surface area contributed by atoms with Gasteiger partial charge in [-0.1, -0.05) is 0 Å². The summed E-state index contributed by atoms with van der Waals surface area (Å²) >= 11 is 0. The molecule has 90 valence electrons. The molecule has 1 heterocycles. The number of nitro benzene ring substituents is 1. The smallest absolute Gasteiger partial charge is 0.269 e. The summed E-state index contributed by atoms with van der Waals surface area (Å²) in [5.41, 5.74) is 1.58. The van der Waals surface area contributed by atoms with Crippen LogP contribution in [0.5, 0.6) is 0 Å². The lowest BCUT2D eigenvalue weighted by molar-refractivity contribution is -0.384. The third kappa shape index (κ3) is 1.98. The van der Waals surface area contributed by atoms with Gasteiger partial charge in [-0.3, -0.25) is 10.1 Å². The summed E-state index contributed by atoms with van der Waals surface area (Å²) in [5, 5.41) is 14.1. The van der Waals surface area contributed by atoms with Crippen LogP contribution in [0.15, 0.2) is 24.3 Å². The summed E-state index contributed by atoms with van der Waals surface area (Å²) in [5.74, 6) is 0. The molecule has 2 aliphatic rings. The maximum atomic E-state index is 10.6. The Bertz CT molecular complexity index is 440. The Labute approximate surface area is 99.6 Å². The van der Waals surface area contributed by atoms with Crippen molar-refractivity contribution in [2.45, 2.75) is 18.4 Å². The van der Waals surface area contributed by atoms with Crippen LogP contribution in [0.3, 0.4) is 0 Å². The first-order chi connectivity index (χ1) is 8.19. The van der Waals surface area contributed by atoms with Gasteiger partial charge in [-0.05, 0) is 25.0 Å². The van der Waals surface area contributed by atoms with Crippen molar-refractivity contribution in [2.75, 3.05) is 24.5 Å².